The smallest absolute Gasteiger partial charge is 0.306 e. The molecular weight excluding hydrogens is 1450 g/mol. The standard InChI is InChI=1S/C36H56O8.C32H50O5.C30H48O4/c1-19(2)20(3)10-11-21(4)24-13-14-25-23-12-15-27-34(6,7)32(44-29(41)17-16-28(39)40)26(38)18-35(27,8)30(23)31(42)33(36(24,25)9)43-22(5)37;1-17(2)18(3)10-11-19(4)22-13-14-23-21-12-15-25-30(6,7)28(36)24(34)16-31(25,8)26(21)27(35)29(32(22,23)9)37-20(5)33;1-16(2)17(3)9-10-18(4)20-12-13-21-19-11-14-23-28(5,6)26(33)22(31)15-29(23,7)24(19)25(32)27(34)30(20,21)8/h14,19,21,24,26-28,31-33,38-40,42H,3,10-13,15-18H2,1-2,4-9H3;14,17,19,22,24-25,27-29,34-36H,3,10-13,15-16H2,1-2,4-9H3;13,16,18,20,22-23,25-27,31-34H,3,9-12,14-15H2,1-2,4-8H3/t21-,24-,26?,27?,31?,32?,33?,35?,36?;19-,22-,24-,25+,27-,28+,29+,31+,32-;18-,20-,22-,23+,25-,26+,27+,29?,30?/m111/s1. The molecule has 3 fully saturated rings. The number of aliphatic hydroxyl groups is 11. The first-order valence-corrected chi connectivity index (χ1v) is 44.5. The van der Waals surface area contributed by atoms with E-state index in [1.54, 1.807) is 0 Å². The van der Waals surface area contributed by atoms with Gasteiger partial charge in [-0.05, 0) is 264 Å². The van der Waals surface area contributed by atoms with E-state index in [1.807, 2.05) is 41.5 Å². The molecule has 0 spiro atoms. The van der Waals surface area contributed by atoms with E-state index >= 15 is 0 Å². The highest BCUT2D eigenvalue weighted by Gasteiger charge is 2.69. The van der Waals surface area contributed by atoms with Crippen molar-refractivity contribution in [3.8, 4) is 0 Å². The van der Waals surface area contributed by atoms with Crippen LogP contribution in [0.15, 0.2) is 105 Å². The van der Waals surface area contributed by atoms with Crippen molar-refractivity contribution in [3.05, 3.63) is 105 Å². The lowest BCUT2D eigenvalue weighted by Gasteiger charge is -2.62. The van der Waals surface area contributed by atoms with Crippen LogP contribution >= 0.6 is 0 Å². The van der Waals surface area contributed by atoms with E-state index in [9.17, 15) is 70.6 Å². The summed E-state index contributed by atoms with van der Waals surface area (Å²) in [5.74, 6) is 2.02. The normalized spacial score (nSPS) is 40.5. The molecule has 11 N–H and O–H groups in total. The van der Waals surface area contributed by atoms with E-state index in [-0.39, 0.29) is 60.7 Å². The third-order valence-electron chi connectivity index (χ3n) is 34.1. The Morgan fingerprint density at radius 3 is 1.03 bits per heavy atom. The highest BCUT2D eigenvalue weighted by molar-refractivity contribution is 5.70. The third-order valence-corrected chi connectivity index (χ3v) is 34.1. The zero-order chi connectivity index (χ0) is 86.0. The Balaban J connectivity index is 0.000000184. The largest absolute Gasteiger partial charge is 0.459 e. The van der Waals surface area contributed by atoms with Gasteiger partial charge in [-0.25, -0.2) is 0 Å². The Morgan fingerprint density at radius 2 is 0.704 bits per heavy atom. The first-order valence-electron chi connectivity index (χ1n) is 44.5. The second-order valence-electron chi connectivity index (χ2n) is 42.9. The number of carbonyl (C=O) groups excluding carboxylic acids is 3. The number of esters is 3. The lowest BCUT2D eigenvalue weighted by atomic mass is 9.45. The molecule has 27 atom stereocenters. The van der Waals surface area contributed by atoms with Gasteiger partial charge in [-0.2, -0.15) is 0 Å². The SMILES string of the molecule is C=C(CC[C@@H](C)[C@H]1CC=C2C3=C(C(O)C(OC(C)=O)C21C)C1(C)CC(O)C(OC(=O)CCC(O)O)C(C)(C)C1CC3)C(C)C.C=C(CC[C@@H](C)[C@H]1CC=C2C3=C([C@@H](O)[C@H](O)C21C)C1(C)C[C@@H](O)[C@H](O)C(C)(C)[C@@H]1CC3)C(C)C.C=C(CC[C@@H](C)[C@H]1CC=C2C3=C([C@@H](O)[C@H](OC(C)=O)[C@@]21C)[C@@]1(C)C[C@@H](O)[C@H](O)C(C)(C)[C@@H]1CC3)C(C)C. The quantitative estimate of drug-likeness (QED) is 0.0220. The molecule has 0 radical (unpaired) electrons. The van der Waals surface area contributed by atoms with Crippen LogP contribution in [-0.4, -0.2) is 154 Å². The second kappa shape index (κ2) is 33.8. The fourth-order valence-electron chi connectivity index (χ4n) is 27.5. The number of aliphatic hydroxyl groups excluding tert-OH is 10. The Kier molecular flexibility index (Phi) is 27.3. The summed E-state index contributed by atoms with van der Waals surface area (Å²) >= 11 is 0. The monoisotopic (exact) mass is 1600 g/mol. The molecule has 0 heterocycles. The van der Waals surface area contributed by atoms with Gasteiger partial charge in [0.15, 0.2) is 6.29 Å². The van der Waals surface area contributed by atoms with Crippen LogP contribution in [0, 0.1) is 120 Å². The average molecular weight is 1600 g/mol. The van der Waals surface area contributed by atoms with Gasteiger partial charge in [0, 0.05) is 41.9 Å². The van der Waals surface area contributed by atoms with Crippen molar-refractivity contribution in [1.29, 1.82) is 0 Å². The van der Waals surface area contributed by atoms with Crippen LogP contribution in [0.3, 0.4) is 0 Å². The van der Waals surface area contributed by atoms with Gasteiger partial charge >= 0.3 is 17.9 Å². The molecule has 115 heavy (non-hydrogen) atoms. The Labute approximate surface area is 690 Å². The van der Waals surface area contributed by atoms with Crippen molar-refractivity contribution in [1.82, 2.24) is 0 Å². The van der Waals surface area contributed by atoms with Crippen LogP contribution in [0.25, 0.3) is 0 Å². The van der Waals surface area contributed by atoms with E-state index in [0.29, 0.717) is 48.3 Å². The molecule has 9 unspecified atom stereocenters. The first-order chi connectivity index (χ1) is 53.1. The van der Waals surface area contributed by atoms with Gasteiger partial charge in [-0.3, -0.25) is 14.4 Å². The lowest BCUT2D eigenvalue weighted by Crippen LogP contribution is -2.63. The minimum Gasteiger partial charge on any atom is -0.459 e. The highest BCUT2D eigenvalue weighted by atomic mass is 16.6. The van der Waals surface area contributed by atoms with Crippen LogP contribution < -0.4 is 0 Å². The van der Waals surface area contributed by atoms with Crippen molar-refractivity contribution >= 4 is 17.9 Å². The Morgan fingerprint density at radius 1 is 0.400 bits per heavy atom. The fourth-order valence-corrected chi connectivity index (χ4v) is 27.5. The summed E-state index contributed by atoms with van der Waals surface area (Å²) < 4.78 is 17.9. The van der Waals surface area contributed by atoms with Crippen LogP contribution in [0.2, 0.25) is 0 Å². The van der Waals surface area contributed by atoms with Crippen molar-refractivity contribution in [2.24, 2.45) is 120 Å². The first kappa shape index (κ1) is 92.9. The molecule has 0 aromatic carbocycles. The number of allylic oxidation sites excluding steroid dienone is 9. The maximum atomic E-state index is 12.6. The minimum absolute atomic E-state index is 0.0332. The lowest BCUT2D eigenvalue weighted by molar-refractivity contribution is -0.198. The van der Waals surface area contributed by atoms with Crippen molar-refractivity contribution in [2.45, 2.75) is 367 Å². The van der Waals surface area contributed by atoms with E-state index in [1.165, 1.54) is 58.4 Å². The number of ether oxygens (including phenoxy) is 3. The van der Waals surface area contributed by atoms with Crippen LogP contribution in [0.1, 0.15) is 288 Å². The molecule has 3 saturated carbocycles. The minimum atomic E-state index is -1.60. The highest BCUT2D eigenvalue weighted by Crippen LogP contribution is 2.72. The maximum absolute atomic E-state index is 12.6. The van der Waals surface area contributed by atoms with Gasteiger partial charge in [0.05, 0.1) is 43.0 Å². The van der Waals surface area contributed by atoms with Crippen molar-refractivity contribution in [2.75, 3.05) is 0 Å². The number of hydrogen-bond donors (Lipinski definition) is 11. The summed E-state index contributed by atoms with van der Waals surface area (Å²) in [7, 11) is 0. The molecule has 12 aliphatic carbocycles. The summed E-state index contributed by atoms with van der Waals surface area (Å²) in [6, 6.07) is 0. The second-order valence-corrected chi connectivity index (χ2v) is 42.9. The number of fused-ring (bicyclic) bond motifs is 12. The zero-order valence-electron chi connectivity index (χ0n) is 74.8. The molecule has 0 aromatic rings. The predicted octanol–water partition coefficient (Wildman–Crippen LogP) is 16.3. The molecule has 0 saturated heterocycles. The summed E-state index contributed by atoms with van der Waals surface area (Å²) in [6.45, 7) is 60.7. The fraction of sp³-hybridized carbons (Fsp3) is 0.786. The molecule has 17 heteroatoms. The van der Waals surface area contributed by atoms with Gasteiger partial charge < -0.3 is 70.4 Å². The summed E-state index contributed by atoms with van der Waals surface area (Å²) in [5, 5.41) is 121. The average Bonchev–Trinajstić information content (AvgIpc) is 1.68. The van der Waals surface area contributed by atoms with Crippen molar-refractivity contribution < 1.29 is 84.8 Å². The molecule has 17 nitrogen and oxygen atoms in total. The summed E-state index contributed by atoms with van der Waals surface area (Å²) in [4.78, 5) is 37.6. The van der Waals surface area contributed by atoms with E-state index in [4.69, 9.17) is 14.2 Å². The van der Waals surface area contributed by atoms with Gasteiger partial charge in [0.25, 0.3) is 0 Å². The summed E-state index contributed by atoms with van der Waals surface area (Å²) in [6.07, 6.45) is 9.61. The van der Waals surface area contributed by atoms with Crippen LogP contribution in [0.5, 0.6) is 0 Å². The van der Waals surface area contributed by atoms with E-state index in [0.717, 1.165) is 119 Å². The van der Waals surface area contributed by atoms with E-state index in [2.05, 4.69) is 142 Å². The van der Waals surface area contributed by atoms with Gasteiger partial charge in [-0.1, -0.05) is 200 Å². The maximum Gasteiger partial charge on any atom is 0.306 e. The van der Waals surface area contributed by atoms with Gasteiger partial charge in [0.1, 0.15) is 36.6 Å². The molecular formula is C98H154O17. The zero-order valence-corrected chi connectivity index (χ0v) is 74.8. The van der Waals surface area contributed by atoms with Crippen LogP contribution in [-0.2, 0) is 28.6 Å². The van der Waals surface area contributed by atoms with Gasteiger partial charge in [-0.15, -0.1) is 0 Å². The molecule has 0 bridgehead atoms. The molecule has 648 valence electrons. The van der Waals surface area contributed by atoms with Gasteiger partial charge in [0.2, 0.25) is 0 Å². The molecule has 0 aromatic heterocycles. The Bertz CT molecular complexity index is 3870. The van der Waals surface area contributed by atoms with E-state index < -0.39 is 140 Å². The number of rotatable bonds is 21. The van der Waals surface area contributed by atoms with Crippen LogP contribution in [0.4, 0.5) is 0 Å². The summed E-state index contributed by atoms with van der Waals surface area (Å²) in [5.41, 5.74) is 9.03. The molecule has 12 aliphatic rings. The van der Waals surface area contributed by atoms with Crippen molar-refractivity contribution in [3.63, 3.8) is 0 Å². The predicted molar refractivity (Wildman–Crippen MR) is 451 cm³/mol. The number of hydrogen-bond acceptors (Lipinski definition) is 17. The number of carbonyl (C=O) groups is 3. The molecule has 0 aliphatic heterocycles. The third kappa shape index (κ3) is 15.9. The Hall–Kier alpha value is -4.37. The molecule has 0 amide bonds. The topological polar surface area (TPSA) is 301 Å². The molecule has 12 rings (SSSR count).